The van der Waals surface area contributed by atoms with Crippen LogP contribution < -0.4 is 11.3 Å². The van der Waals surface area contributed by atoms with Gasteiger partial charge in [0.05, 0.1) is 11.7 Å². The van der Waals surface area contributed by atoms with Crippen LogP contribution >= 0.6 is 27.5 Å². The number of rotatable bonds is 5. The zero-order valence-electron chi connectivity index (χ0n) is 15.9. The van der Waals surface area contributed by atoms with Gasteiger partial charge in [0, 0.05) is 38.1 Å². The molecule has 0 amide bonds. The van der Waals surface area contributed by atoms with E-state index in [-0.39, 0.29) is 6.15 Å². The van der Waals surface area contributed by atoms with Crippen LogP contribution in [-0.4, -0.2) is 23.3 Å². The Morgan fingerprint density at radius 3 is 2.83 bits per heavy atom. The quantitative estimate of drug-likeness (QED) is 0.415. The van der Waals surface area contributed by atoms with Crippen molar-refractivity contribution in [1.82, 2.24) is 11.1 Å². The Kier molecular flexibility index (Phi) is 6.12. The van der Waals surface area contributed by atoms with E-state index in [9.17, 15) is 9.90 Å². The molecule has 150 valence electrons. The molecule has 4 rings (SSSR count). The van der Waals surface area contributed by atoms with Gasteiger partial charge in [-0.25, -0.2) is 0 Å². The number of carboxylic acid groups (broad SMARTS) is 1. The molecule has 2 aromatic carbocycles. The number of carbonyl (C=O) groups is 1. The van der Waals surface area contributed by atoms with Gasteiger partial charge >= 0.3 is 0 Å². The molecule has 1 aliphatic rings. The molecule has 0 saturated carbocycles. The van der Waals surface area contributed by atoms with Gasteiger partial charge in [0.25, 0.3) is 0 Å². The molecule has 0 atom stereocenters. The summed E-state index contributed by atoms with van der Waals surface area (Å²) in [5.41, 5.74) is 6.77. The third kappa shape index (κ3) is 4.22. The van der Waals surface area contributed by atoms with Gasteiger partial charge in [-0.05, 0) is 60.0 Å². The molecular weight excluding hydrogens is 458 g/mol. The largest absolute Gasteiger partial charge is 0.546 e. The summed E-state index contributed by atoms with van der Waals surface area (Å²) in [7, 11) is 0. The van der Waals surface area contributed by atoms with Gasteiger partial charge in [0.15, 0.2) is 6.61 Å². The number of carboxylic acids is 1. The second-order valence-electron chi connectivity index (χ2n) is 6.57. The first kappa shape index (κ1) is 21.1. The van der Waals surface area contributed by atoms with Crippen molar-refractivity contribution in [2.45, 2.75) is 13.3 Å². The number of allylic oxidation sites excluding steroid dienone is 2. The number of hydrogen-bond acceptors (Lipinski definition) is 4. The molecule has 0 fully saturated rings. The molecule has 1 aliphatic carbocycles. The second kappa shape index (κ2) is 8.41. The minimum absolute atomic E-state index is 0. The number of aliphatic carboxylic acids is 1. The summed E-state index contributed by atoms with van der Waals surface area (Å²) in [6, 6.07) is 13.9. The van der Waals surface area contributed by atoms with Crippen molar-refractivity contribution < 1.29 is 14.7 Å². The highest BCUT2D eigenvalue weighted by molar-refractivity contribution is 9.10. The molecule has 0 bridgehead atoms. The number of oxime groups is 1. The van der Waals surface area contributed by atoms with E-state index in [1.165, 1.54) is 0 Å². The standard InChI is InChI=1S/C21H16BrClN2O3.H3N/c1-11(25-28-10-20(26)27)21-16-4-2-14(22)6-12(16)8-17(21)19-9-13-7-15(23)3-5-18(13)24-19;/h2-7,9,24H,8,10H2,1H3,(H,26,27);1H3. The Bertz CT molecular complexity index is 1170. The summed E-state index contributed by atoms with van der Waals surface area (Å²) < 4.78 is 0.998. The predicted molar refractivity (Wildman–Crippen MR) is 118 cm³/mol. The van der Waals surface area contributed by atoms with E-state index in [1.54, 1.807) is 6.92 Å². The highest BCUT2D eigenvalue weighted by Gasteiger charge is 2.26. The van der Waals surface area contributed by atoms with Crippen LogP contribution in [0.2, 0.25) is 5.02 Å². The van der Waals surface area contributed by atoms with E-state index in [2.05, 4.69) is 38.2 Å². The van der Waals surface area contributed by atoms with Crippen LogP contribution in [0.5, 0.6) is 0 Å². The summed E-state index contributed by atoms with van der Waals surface area (Å²) in [5.74, 6) is -1.31. The smallest absolute Gasteiger partial charge is 0.156 e. The van der Waals surface area contributed by atoms with Gasteiger partial charge in [0.1, 0.15) is 0 Å². The third-order valence-corrected chi connectivity index (χ3v) is 5.39. The normalized spacial score (nSPS) is 13.4. The number of benzene rings is 2. The lowest BCUT2D eigenvalue weighted by Crippen LogP contribution is -2.26. The fraction of sp³-hybridized carbons (Fsp3) is 0.143. The van der Waals surface area contributed by atoms with Crippen LogP contribution in [0.25, 0.3) is 22.0 Å². The first-order chi connectivity index (χ1) is 13.4. The molecular formula is C21H19BrClN3O3. The number of nitrogens with zero attached hydrogens (tertiary/aromatic N) is 1. The average molecular weight is 477 g/mol. The Morgan fingerprint density at radius 2 is 2.07 bits per heavy atom. The van der Waals surface area contributed by atoms with Gasteiger partial charge in [-0.3, -0.25) is 0 Å². The van der Waals surface area contributed by atoms with Crippen molar-refractivity contribution in [2.24, 2.45) is 5.16 Å². The van der Waals surface area contributed by atoms with E-state index in [4.69, 9.17) is 16.4 Å². The minimum atomic E-state index is -1.31. The van der Waals surface area contributed by atoms with Crippen molar-refractivity contribution in [1.29, 1.82) is 0 Å². The molecule has 8 heteroatoms. The second-order valence-corrected chi connectivity index (χ2v) is 7.92. The summed E-state index contributed by atoms with van der Waals surface area (Å²) in [6.07, 6.45) is 0.720. The SMILES string of the molecule is CC(=NOCC(=O)[O-])C1=C(c2cc3cc(Cl)ccc3[nH]2)Cc2cc(Br)ccc21.[NH4+]. The maximum absolute atomic E-state index is 10.6. The summed E-state index contributed by atoms with van der Waals surface area (Å²) in [6.45, 7) is 1.22. The molecule has 3 aromatic rings. The highest BCUT2D eigenvalue weighted by atomic mass is 79.9. The zero-order valence-corrected chi connectivity index (χ0v) is 18.2. The fourth-order valence-electron chi connectivity index (χ4n) is 3.53. The number of nitrogens with one attached hydrogen (secondary N) is 1. The lowest BCUT2D eigenvalue weighted by molar-refractivity contribution is -0.309. The lowest BCUT2D eigenvalue weighted by Gasteiger charge is -2.08. The Labute approximate surface area is 180 Å². The zero-order chi connectivity index (χ0) is 19.8. The van der Waals surface area contributed by atoms with E-state index in [0.717, 1.165) is 49.8 Å². The van der Waals surface area contributed by atoms with Gasteiger partial charge < -0.3 is 25.9 Å². The van der Waals surface area contributed by atoms with Crippen LogP contribution in [0.4, 0.5) is 0 Å². The van der Waals surface area contributed by atoms with Crippen LogP contribution in [0.15, 0.2) is 52.1 Å². The number of aromatic amines is 1. The molecule has 0 radical (unpaired) electrons. The molecule has 0 spiro atoms. The first-order valence-corrected chi connectivity index (χ1v) is 9.77. The Hall–Kier alpha value is -2.61. The van der Waals surface area contributed by atoms with Crippen LogP contribution in [0.3, 0.4) is 0 Å². The minimum Gasteiger partial charge on any atom is -0.546 e. The van der Waals surface area contributed by atoms with Gasteiger partial charge in [0.2, 0.25) is 0 Å². The number of hydrogen-bond donors (Lipinski definition) is 2. The van der Waals surface area contributed by atoms with Crippen LogP contribution in [0.1, 0.15) is 23.7 Å². The van der Waals surface area contributed by atoms with Crippen molar-refractivity contribution in [2.75, 3.05) is 6.61 Å². The number of quaternary nitrogens is 1. The molecule has 0 saturated heterocycles. The number of carbonyl (C=O) groups excluding carboxylic acids is 1. The van der Waals surface area contributed by atoms with Gasteiger partial charge in [-0.15, -0.1) is 0 Å². The predicted octanol–water partition coefficient (Wildman–Crippen LogP) is 4.57. The lowest BCUT2D eigenvalue weighted by atomic mass is 10.0. The van der Waals surface area contributed by atoms with Gasteiger partial charge in [-0.1, -0.05) is 38.8 Å². The van der Waals surface area contributed by atoms with E-state index >= 15 is 0 Å². The Morgan fingerprint density at radius 1 is 1.28 bits per heavy atom. The van der Waals surface area contributed by atoms with E-state index < -0.39 is 12.6 Å². The molecule has 6 nitrogen and oxygen atoms in total. The number of fused-ring (bicyclic) bond motifs is 2. The topological polar surface area (TPSA) is 114 Å². The third-order valence-electron chi connectivity index (χ3n) is 4.66. The molecule has 1 aromatic heterocycles. The molecule has 29 heavy (non-hydrogen) atoms. The highest BCUT2D eigenvalue weighted by Crippen LogP contribution is 2.41. The summed E-state index contributed by atoms with van der Waals surface area (Å²) >= 11 is 9.64. The monoisotopic (exact) mass is 475 g/mol. The summed E-state index contributed by atoms with van der Waals surface area (Å²) in [4.78, 5) is 19.0. The van der Waals surface area contributed by atoms with E-state index in [1.807, 2.05) is 30.3 Å². The molecule has 1 heterocycles. The molecule has 0 aliphatic heterocycles. The van der Waals surface area contributed by atoms with Crippen LogP contribution in [-0.2, 0) is 16.1 Å². The number of halogens is 2. The average Bonchev–Trinajstić information content (AvgIpc) is 3.21. The van der Waals surface area contributed by atoms with Crippen molar-refractivity contribution in [3.8, 4) is 0 Å². The first-order valence-electron chi connectivity index (χ1n) is 8.60. The maximum atomic E-state index is 10.6. The fourth-order valence-corrected chi connectivity index (χ4v) is 4.12. The maximum Gasteiger partial charge on any atom is 0.156 e. The van der Waals surface area contributed by atoms with Crippen molar-refractivity contribution in [3.63, 3.8) is 0 Å². The molecule has 0 unspecified atom stereocenters. The number of aromatic nitrogens is 1. The van der Waals surface area contributed by atoms with E-state index in [0.29, 0.717) is 10.7 Å². The Balaban J connectivity index is 0.00000240. The van der Waals surface area contributed by atoms with Gasteiger partial charge in [-0.2, -0.15) is 0 Å². The van der Waals surface area contributed by atoms with Crippen molar-refractivity contribution in [3.05, 3.63) is 68.8 Å². The molecule has 5 N–H and O–H groups in total. The summed E-state index contributed by atoms with van der Waals surface area (Å²) in [5, 5.41) is 16.3. The van der Waals surface area contributed by atoms with Crippen molar-refractivity contribution >= 4 is 61.3 Å². The number of H-pyrrole nitrogens is 1. The van der Waals surface area contributed by atoms with Crippen LogP contribution in [0, 0.1) is 0 Å².